The summed E-state index contributed by atoms with van der Waals surface area (Å²) in [6.07, 6.45) is 0.447. The molecule has 0 aliphatic carbocycles. The van der Waals surface area contributed by atoms with Crippen LogP contribution in [0.1, 0.15) is 12.0 Å². The number of carbonyl (C=O) groups excluding carboxylic acids is 1. The molecule has 2 aliphatic heterocycles. The minimum Gasteiger partial charge on any atom is -0.373 e. The van der Waals surface area contributed by atoms with Crippen molar-refractivity contribution in [2.24, 2.45) is 0 Å². The zero-order chi connectivity index (χ0) is 14.8. The maximum Gasteiger partial charge on any atom is 0.223 e. The molecule has 122 valence electrons. The first-order chi connectivity index (χ1) is 10.2. The number of fused-ring (bicyclic) bond motifs is 1. The number of nitrogens with zero attached hydrogens (tertiary/aromatic N) is 1. The van der Waals surface area contributed by atoms with Gasteiger partial charge >= 0.3 is 0 Å². The molecule has 0 unspecified atom stereocenters. The summed E-state index contributed by atoms with van der Waals surface area (Å²) in [7, 11) is 0. The van der Waals surface area contributed by atoms with Crippen molar-refractivity contribution in [3.8, 4) is 0 Å². The Morgan fingerprint density at radius 3 is 3.00 bits per heavy atom. The average molecular weight is 333 g/mol. The van der Waals surface area contributed by atoms with Crippen molar-refractivity contribution < 1.29 is 18.3 Å². The van der Waals surface area contributed by atoms with Crippen LogP contribution in [0.3, 0.4) is 0 Å². The number of hydrogen-bond donors (Lipinski definition) is 1. The normalized spacial score (nSPS) is 23.8. The maximum absolute atomic E-state index is 13.6. The number of aryl methyl sites for hydroxylation is 1. The van der Waals surface area contributed by atoms with E-state index in [1.807, 2.05) is 4.90 Å². The van der Waals surface area contributed by atoms with E-state index in [1.54, 1.807) is 0 Å². The number of morpholine rings is 1. The van der Waals surface area contributed by atoms with Gasteiger partial charge in [0, 0.05) is 26.1 Å². The molecule has 2 fully saturated rings. The highest BCUT2D eigenvalue weighted by Crippen LogP contribution is 2.20. The Labute approximate surface area is 134 Å². The van der Waals surface area contributed by atoms with Crippen LogP contribution in [-0.4, -0.2) is 49.2 Å². The molecule has 0 saturated carbocycles. The summed E-state index contributed by atoms with van der Waals surface area (Å²) < 4.78 is 32.3. The van der Waals surface area contributed by atoms with Gasteiger partial charge < -0.3 is 15.0 Å². The fourth-order valence-electron chi connectivity index (χ4n) is 3.03. The van der Waals surface area contributed by atoms with Gasteiger partial charge in [-0.1, -0.05) is 12.1 Å². The van der Waals surface area contributed by atoms with E-state index in [1.165, 1.54) is 12.1 Å². The van der Waals surface area contributed by atoms with Crippen LogP contribution in [0.2, 0.25) is 0 Å². The van der Waals surface area contributed by atoms with E-state index in [2.05, 4.69) is 5.32 Å². The fraction of sp³-hybridized carbons (Fsp3) is 0.533. The molecule has 1 aromatic rings. The summed E-state index contributed by atoms with van der Waals surface area (Å²) in [6.45, 7) is 2.58. The largest absolute Gasteiger partial charge is 0.373 e. The van der Waals surface area contributed by atoms with Crippen molar-refractivity contribution in [2.75, 3.05) is 26.2 Å². The molecule has 7 heteroatoms. The summed E-state index contributed by atoms with van der Waals surface area (Å²) in [5.41, 5.74) is 0.248. The minimum atomic E-state index is -0.869. The Kier molecular flexibility index (Phi) is 5.72. The van der Waals surface area contributed by atoms with Crippen LogP contribution >= 0.6 is 12.4 Å². The van der Waals surface area contributed by atoms with Crippen molar-refractivity contribution in [1.82, 2.24) is 10.2 Å². The van der Waals surface area contributed by atoms with Gasteiger partial charge in [-0.15, -0.1) is 12.4 Å². The number of halogens is 3. The number of amides is 1. The third-order valence-corrected chi connectivity index (χ3v) is 4.15. The summed E-state index contributed by atoms with van der Waals surface area (Å²) in [6, 6.07) is 4.12. The third kappa shape index (κ3) is 3.39. The van der Waals surface area contributed by atoms with Crippen LogP contribution in [0.15, 0.2) is 18.2 Å². The zero-order valence-corrected chi connectivity index (χ0v) is 12.9. The lowest BCUT2D eigenvalue weighted by molar-refractivity contribution is -0.142. The Hall–Kier alpha value is -1.24. The average Bonchev–Trinajstić information content (AvgIpc) is 2.96. The minimum absolute atomic E-state index is 0. The molecule has 2 saturated heterocycles. The predicted molar refractivity (Wildman–Crippen MR) is 80.0 cm³/mol. The molecule has 0 radical (unpaired) electrons. The molecule has 0 bridgehead atoms. The molecule has 0 aromatic heterocycles. The highest BCUT2D eigenvalue weighted by molar-refractivity contribution is 5.85. The summed E-state index contributed by atoms with van der Waals surface area (Å²) in [5, 5.41) is 3.21. The van der Waals surface area contributed by atoms with Gasteiger partial charge in [0.2, 0.25) is 5.91 Å². The van der Waals surface area contributed by atoms with Crippen LogP contribution < -0.4 is 5.32 Å². The van der Waals surface area contributed by atoms with Crippen molar-refractivity contribution in [3.63, 3.8) is 0 Å². The Balaban J connectivity index is 0.00000176. The second kappa shape index (κ2) is 7.35. The molecule has 1 aromatic carbocycles. The van der Waals surface area contributed by atoms with Crippen molar-refractivity contribution in [2.45, 2.75) is 25.0 Å². The van der Waals surface area contributed by atoms with Gasteiger partial charge in [-0.05, 0) is 18.1 Å². The first kappa shape index (κ1) is 17.1. The number of nitrogens with one attached hydrogen (secondary N) is 1. The second-order valence-electron chi connectivity index (χ2n) is 5.43. The lowest BCUT2D eigenvalue weighted by atomic mass is 10.1. The van der Waals surface area contributed by atoms with Gasteiger partial charge in [-0.2, -0.15) is 0 Å². The van der Waals surface area contributed by atoms with E-state index in [9.17, 15) is 13.6 Å². The van der Waals surface area contributed by atoms with Gasteiger partial charge in [-0.3, -0.25) is 4.79 Å². The van der Waals surface area contributed by atoms with E-state index in [0.717, 1.165) is 19.2 Å². The van der Waals surface area contributed by atoms with Crippen LogP contribution in [0.4, 0.5) is 8.78 Å². The zero-order valence-electron chi connectivity index (χ0n) is 12.1. The number of carbonyl (C=O) groups is 1. The van der Waals surface area contributed by atoms with E-state index < -0.39 is 11.6 Å². The smallest absolute Gasteiger partial charge is 0.223 e. The van der Waals surface area contributed by atoms with E-state index in [4.69, 9.17) is 4.74 Å². The maximum atomic E-state index is 13.6. The van der Waals surface area contributed by atoms with E-state index in [0.29, 0.717) is 13.2 Å². The van der Waals surface area contributed by atoms with Crippen molar-refractivity contribution in [1.29, 1.82) is 0 Å². The molecular formula is C15H19ClF2N2O2. The Morgan fingerprint density at radius 2 is 2.18 bits per heavy atom. The molecule has 1 N–H and O–H groups in total. The fourth-order valence-corrected chi connectivity index (χ4v) is 3.03. The van der Waals surface area contributed by atoms with E-state index >= 15 is 0 Å². The lowest BCUT2D eigenvalue weighted by Gasteiger charge is -2.37. The number of ether oxygens (including phenoxy) is 1. The molecule has 3 rings (SSSR count). The summed E-state index contributed by atoms with van der Waals surface area (Å²) in [4.78, 5) is 14.1. The molecule has 0 spiro atoms. The highest BCUT2D eigenvalue weighted by atomic mass is 35.5. The van der Waals surface area contributed by atoms with Crippen molar-refractivity contribution >= 4 is 18.3 Å². The van der Waals surface area contributed by atoms with Crippen LogP contribution in [0.25, 0.3) is 0 Å². The second-order valence-corrected chi connectivity index (χ2v) is 5.43. The Morgan fingerprint density at radius 1 is 1.36 bits per heavy atom. The van der Waals surface area contributed by atoms with Gasteiger partial charge in [0.15, 0.2) is 11.6 Å². The molecule has 2 heterocycles. The molecule has 2 aliphatic rings. The molecule has 1 amide bonds. The predicted octanol–water partition coefficient (Wildman–Crippen LogP) is 1.52. The van der Waals surface area contributed by atoms with Gasteiger partial charge in [0.05, 0.1) is 18.8 Å². The number of benzene rings is 1. The van der Waals surface area contributed by atoms with Gasteiger partial charge in [0.1, 0.15) is 0 Å². The van der Waals surface area contributed by atoms with Crippen LogP contribution in [0.5, 0.6) is 0 Å². The van der Waals surface area contributed by atoms with Crippen LogP contribution in [-0.2, 0) is 16.0 Å². The van der Waals surface area contributed by atoms with Gasteiger partial charge in [0.25, 0.3) is 0 Å². The third-order valence-electron chi connectivity index (χ3n) is 4.15. The summed E-state index contributed by atoms with van der Waals surface area (Å²) >= 11 is 0. The standard InChI is InChI=1S/C15H18F2N2O2.ClH/c16-11-3-1-2-10(15(11)17)4-5-14(20)19-6-7-21-13-9-18-8-12(13)19;/h1-3,12-13,18H,4-9H2;1H/t12-,13+;/m1./s1. The van der Waals surface area contributed by atoms with Crippen LogP contribution in [0, 0.1) is 11.6 Å². The van der Waals surface area contributed by atoms with Gasteiger partial charge in [-0.25, -0.2) is 8.78 Å². The topological polar surface area (TPSA) is 41.6 Å². The lowest BCUT2D eigenvalue weighted by Crippen LogP contribution is -2.53. The molecular weight excluding hydrogens is 314 g/mol. The highest BCUT2D eigenvalue weighted by Gasteiger charge is 2.38. The molecule has 4 nitrogen and oxygen atoms in total. The molecule has 2 atom stereocenters. The Bertz CT molecular complexity index is 544. The summed E-state index contributed by atoms with van der Waals surface area (Å²) in [5.74, 6) is -1.75. The monoisotopic (exact) mass is 332 g/mol. The van der Waals surface area contributed by atoms with E-state index in [-0.39, 0.29) is 48.9 Å². The van der Waals surface area contributed by atoms with Crippen molar-refractivity contribution in [3.05, 3.63) is 35.4 Å². The quantitative estimate of drug-likeness (QED) is 0.912. The number of rotatable bonds is 3. The SMILES string of the molecule is Cl.O=C(CCc1cccc(F)c1F)N1CCO[C@H]2CNC[C@H]21. The number of hydrogen-bond acceptors (Lipinski definition) is 3. The first-order valence-electron chi connectivity index (χ1n) is 7.21. The molecule has 22 heavy (non-hydrogen) atoms. The first-order valence-corrected chi connectivity index (χ1v) is 7.21.